The number of hydrogen-bond donors (Lipinski definition) is 0. The molecule has 0 aliphatic carbocycles. The standard InChI is InChI=1S/C12H17NO/c1-9(2)12(8-10(3)14)11-4-6-13-7-5-11/h4-7,9,12H,8H2,1-3H3. The lowest BCUT2D eigenvalue weighted by Crippen LogP contribution is -2.10. The van der Waals surface area contributed by atoms with Gasteiger partial charge >= 0.3 is 0 Å². The topological polar surface area (TPSA) is 30.0 Å². The van der Waals surface area contributed by atoms with Crippen LogP contribution in [0.3, 0.4) is 0 Å². The zero-order chi connectivity index (χ0) is 10.6. The van der Waals surface area contributed by atoms with Crippen LogP contribution >= 0.6 is 0 Å². The van der Waals surface area contributed by atoms with Gasteiger partial charge in [0, 0.05) is 18.8 Å². The van der Waals surface area contributed by atoms with Crippen molar-refractivity contribution in [3.63, 3.8) is 0 Å². The van der Waals surface area contributed by atoms with E-state index in [9.17, 15) is 4.79 Å². The van der Waals surface area contributed by atoms with E-state index in [-0.39, 0.29) is 5.78 Å². The van der Waals surface area contributed by atoms with E-state index in [0.29, 0.717) is 18.3 Å². The predicted octanol–water partition coefficient (Wildman–Crippen LogP) is 2.80. The van der Waals surface area contributed by atoms with E-state index in [4.69, 9.17) is 0 Å². The SMILES string of the molecule is CC(=O)CC(c1ccncc1)C(C)C. The molecule has 0 bridgehead atoms. The molecule has 0 saturated carbocycles. The normalized spacial score (nSPS) is 12.9. The van der Waals surface area contributed by atoms with Crippen LogP contribution < -0.4 is 0 Å². The Morgan fingerprint density at radius 1 is 1.36 bits per heavy atom. The van der Waals surface area contributed by atoms with Gasteiger partial charge in [-0.05, 0) is 36.5 Å². The third-order valence-corrected chi connectivity index (χ3v) is 2.45. The molecule has 1 aromatic heterocycles. The summed E-state index contributed by atoms with van der Waals surface area (Å²) < 4.78 is 0. The largest absolute Gasteiger partial charge is 0.300 e. The van der Waals surface area contributed by atoms with Crippen molar-refractivity contribution in [2.24, 2.45) is 5.92 Å². The first-order valence-electron chi connectivity index (χ1n) is 5.00. The van der Waals surface area contributed by atoms with Crippen LogP contribution in [-0.2, 0) is 4.79 Å². The van der Waals surface area contributed by atoms with Gasteiger partial charge in [-0.1, -0.05) is 13.8 Å². The van der Waals surface area contributed by atoms with E-state index >= 15 is 0 Å². The second kappa shape index (κ2) is 4.89. The van der Waals surface area contributed by atoms with Gasteiger partial charge in [0.15, 0.2) is 0 Å². The number of rotatable bonds is 4. The molecule has 0 aromatic carbocycles. The number of pyridine rings is 1. The molecule has 1 rings (SSSR count). The molecule has 0 saturated heterocycles. The first-order chi connectivity index (χ1) is 6.61. The third kappa shape index (κ3) is 2.95. The van der Waals surface area contributed by atoms with E-state index in [1.807, 2.05) is 12.1 Å². The molecule has 1 unspecified atom stereocenters. The van der Waals surface area contributed by atoms with Crippen LogP contribution in [0.15, 0.2) is 24.5 Å². The number of Topliss-reactive ketones (excluding diaryl/α,β-unsaturated/α-hetero) is 1. The first kappa shape index (κ1) is 10.9. The Morgan fingerprint density at radius 2 is 1.93 bits per heavy atom. The summed E-state index contributed by atoms with van der Waals surface area (Å²) in [6.07, 6.45) is 4.19. The Kier molecular flexibility index (Phi) is 3.81. The highest BCUT2D eigenvalue weighted by atomic mass is 16.1. The summed E-state index contributed by atoms with van der Waals surface area (Å²) in [5.41, 5.74) is 1.21. The lowest BCUT2D eigenvalue weighted by Gasteiger charge is -2.19. The van der Waals surface area contributed by atoms with Crippen LogP contribution in [0, 0.1) is 5.92 Å². The fourth-order valence-corrected chi connectivity index (χ4v) is 1.66. The van der Waals surface area contributed by atoms with Crippen molar-refractivity contribution >= 4 is 5.78 Å². The van der Waals surface area contributed by atoms with Gasteiger partial charge in [-0.3, -0.25) is 4.98 Å². The summed E-state index contributed by atoms with van der Waals surface area (Å²) in [7, 11) is 0. The molecule has 2 heteroatoms. The molecule has 14 heavy (non-hydrogen) atoms. The number of ketones is 1. The van der Waals surface area contributed by atoms with Gasteiger partial charge in [0.1, 0.15) is 5.78 Å². The van der Waals surface area contributed by atoms with Crippen LogP contribution in [-0.4, -0.2) is 10.8 Å². The molecule has 1 atom stereocenters. The van der Waals surface area contributed by atoms with Gasteiger partial charge in [0.2, 0.25) is 0 Å². The number of carbonyl (C=O) groups excluding carboxylic acids is 1. The molecule has 0 fully saturated rings. The van der Waals surface area contributed by atoms with Gasteiger partial charge in [-0.25, -0.2) is 0 Å². The highest BCUT2D eigenvalue weighted by Crippen LogP contribution is 2.27. The number of nitrogens with zero attached hydrogens (tertiary/aromatic N) is 1. The van der Waals surface area contributed by atoms with Crippen LogP contribution in [0.1, 0.15) is 38.7 Å². The molecule has 2 nitrogen and oxygen atoms in total. The van der Waals surface area contributed by atoms with Crippen LogP contribution in [0.5, 0.6) is 0 Å². The summed E-state index contributed by atoms with van der Waals surface area (Å²) in [6.45, 7) is 5.94. The Morgan fingerprint density at radius 3 is 2.36 bits per heavy atom. The van der Waals surface area contributed by atoms with Crippen molar-refractivity contribution in [3.8, 4) is 0 Å². The number of carbonyl (C=O) groups is 1. The van der Waals surface area contributed by atoms with Gasteiger partial charge in [0.05, 0.1) is 0 Å². The molecule has 0 amide bonds. The van der Waals surface area contributed by atoms with Crippen molar-refractivity contribution < 1.29 is 4.79 Å². The Balaban J connectivity index is 2.83. The summed E-state index contributed by atoms with van der Waals surface area (Å²) in [6, 6.07) is 3.99. The van der Waals surface area contributed by atoms with E-state index < -0.39 is 0 Å². The Bertz CT molecular complexity index is 292. The molecule has 0 aliphatic rings. The number of hydrogen-bond acceptors (Lipinski definition) is 2. The second-order valence-electron chi connectivity index (χ2n) is 4.04. The summed E-state index contributed by atoms with van der Waals surface area (Å²) in [4.78, 5) is 15.1. The zero-order valence-electron chi connectivity index (χ0n) is 9.03. The molecule has 0 radical (unpaired) electrons. The minimum atomic E-state index is 0.250. The lowest BCUT2D eigenvalue weighted by molar-refractivity contribution is -0.117. The molecule has 76 valence electrons. The Hall–Kier alpha value is -1.18. The van der Waals surface area contributed by atoms with Gasteiger partial charge in [-0.2, -0.15) is 0 Å². The molecule has 0 N–H and O–H groups in total. The lowest BCUT2D eigenvalue weighted by atomic mass is 9.85. The minimum Gasteiger partial charge on any atom is -0.300 e. The van der Waals surface area contributed by atoms with Gasteiger partial charge in [0.25, 0.3) is 0 Å². The molecular weight excluding hydrogens is 174 g/mol. The maximum Gasteiger partial charge on any atom is 0.130 e. The Labute approximate surface area is 85.4 Å². The second-order valence-corrected chi connectivity index (χ2v) is 4.04. The fourth-order valence-electron chi connectivity index (χ4n) is 1.66. The highest BCUT2D eigenvalue weighted by molar-refractivity contribution is 5.76. The van der Waals surface area contributed by atoms with Crippen molar-refractivity contribution in [1.29, 1.82) is 0 Å². The number of aromatic nitrogens is 1. The monoisotopic (exact) mass is 191 g/mol. The highest BCUT2D eigenvalue weighted by Gasteiger charge is 2.17. The maximum absolute atomic E-state index is 11.1. The maximum atomic E-state index is 11.1. The van der Waals surface area contributed by atoms with Crippen LogP contribution in [0.2, 0.25) is 0 Å². The fraction of sp³-hybridized carbons (Fsp3) is 0.500. The van der Waals surface area contributed by atoms with E-state index in [1.165, 1.54) is 5.56 Å². The van der Waals surface area contributed by atoms with E-state index in [2.05, 4.69) is 18.8 Å². The first-order valence-corrected chi connectivity index (χ1v) is 5.00. The summed E-state index contributed by atoms with van der Waals surface area (Å²) in [5, 5.41) is 0. The van der Waals surface area contributed by atoms with Gasteiger partial charge < -0.3 is 4.79 Å². The quantitative estimate of drug-likeness (QED) is 0.732. The molecule has 1 heterocycles. The molecule has 0 spiro atoms. The minimum absolute atomic E-state index is 0.250. The van der Waals surface area contributed by atoms with Gasteiger partial charge in [-0.15, -0.1) is 0 Å². The average Bonchev–Trinajstić information content (AvgIpc) is 2.15. The van der Waals surface area contributed by atoms with Crippen molar-refractivity contribution in [2.45, 2.75) is 33.1 Å². The molecule has 1 aromatic rings. The van der Waals surface area contributed by atoms with Crippen LogP contribution in [0.25, 0.3) is 0 Å². The molecular formula is C12H17NO. The predicted molar refractivity (Wildman–Crippen MR) is 57.1 cm³/mol. The smallest absolute Gasteiger partial charge is 0.130 e. The van der Waals surface area contributed by atoms with Crippen molar-refractivity contribution in [3.05, 3.63) is 30.1 Å². The summed E-state index contributed by atoms with van der Waals surface area (Å²) in [5.74, 6) is 1.07. The average molecular weight is 191 g/mol. The summed E-state index contributed by atoms with van der Waals surface area (Å²) >= 11 is 0. The molecule has 0 aliphatic heterocycles. The van der Waals surface area contributed by atoms with Crippen LogP contribution in [0.4, 0.5) is 0 Å². The van der Waals surface area contributed by atoms with Crippen molar-refractivity contribution in [2.75, 3.05) is 0 Å². The third-order valence-electron chi connectivity index (χ3n) is 2.45. The van der Waals surface area contributed by atoms with Crippen molar-refractivity contribution in [1.82, 2.24) is 4.98 Å². The van der Waals surface area contributed by atoms with E-state index in [0.717, 1.165) is 0 Å². The van der Waals surface area contributed by atoms with E-state index in [1.54, 1.807) is 19.3 Å². The zero-order valence-corrected chi connectivity index (χ0v) is 9.03.